The van der Waals surface area contributed by atoms with Crippen LogP contribution in [0.5, 0.6) is 0 Å². The molecule has 0 spiro atoms. The molecule has 1 aromatic heterocycles. The minimum absolute atomic E-state index is 0.0517. The van der Waals surface area contributed by atoms with E-state index < -0.39 is 5.60 Å². The summed E-state index contributed by atoms with van der Waals surface area (Å²) in [5.74, 6) is 0.503. The standard InChI is InChI=1S/C14H20N4O3S/c1-14(2,3)21-13(20)18-6-10(7-18)16-11-9(8-19)5-15-12(17-11)22-4/h5,8,10H,6-7H2,1-4H3,(H,15,16,17). The second-order valence-corrected chi connectivity index (χ2v) is 6.78. The smallest absolute Gasteiger partial charge is 0.410 e. The molecule has 2 heterocycles. The van der Waals surface area contributed by atoms with Crippen molar-refractivity contribution in [2.45, 2.75) is 37.6 Å². The second kappa shape index (κ2) is 6.51. The zero-order valence-electron chi connectivity index (χ0n) is 13.1. The fourth-order valence-electron chi connectivity index (χ4n) is 1.91. The second-order valence-electron chi connectivity index (χ2n) is 6.01. The third-order valence-corrected chi connectivity index (χ3v) is 3.54. The maximum atomic E-state index is 11.9. The van der Waals surface area contributed by atoms with Crippen molar-refractivity contribution in [1.82, 2.24) is 14.9 Å². The lowest BCUT2D eigenvalue weighted by atomic mass is 10.1. The first-order chi connectivity index (χ1) is 10.3. The number of amides is 1. The molecule has 0 radical (unpaired) electrons. The van der Waals surface area contributed by atoms with E-state index in [0.29, 0.717) is 29.6 Å². The summed E-state index contributed by atoms with van der Waals surface area (Å²) in [4.78, 5) is 32.8. The first-order valence-electron chi connectivity index (χ1n) is 6.93. The van der Waals surface area contributed by atoms with Crippen LogP contribution in [-0.4, -0.2) is 58.2 Å². The fraction of sp³-hybridized carbons (Fsp3) is 0.571. The molecule has 7 nitrogen and oxygen atoms in total. The van der Waals surface area contributed by atoms with E-state index in [1.54, 1.807) is 4.90 Å². The predicted molar refractivity (Wildman–Crippen MR) is 84.4 cm³/mol. The van der Waals surface area contributed by atoms with Crippen molar-refractivity contribution in [3.05, 3.63) is 11.8 Å². The number of carbonyl (C=O) groups is 2. The van der Waals surface area contributed by atoms with Gasteiger partial charge in [0.1, 0.15) is 11.4 Å². The van der Waals surface area contributed by atoms with Crippen LogP contribution in [-0.2, 0) is 4.74 Å². The fourth-order valence-corrected chi connectivity index (χ4v) is 2.25. The summed E-state index contributed by atoms with van der Waals surface area (Å²) < 4.78 is 5.30. The number of nitrogens with one attached hydrogen (secondary N) is 1. The minimum atomic E-state index is -0.500. The van der Waals surface area contributed by atoms with Crippen molar-refractivity contribution in [1.29, 1.82) is 0 Å². The Morgan fingerprint density at radius 1 is 1.50 bits per heavy atom. The lowest BCUT2D eigenvalue weighted by Crippen LogP contribution is -2.58. The van der Waals surface area contributed by atoms with Crippen molar-refractivity contribution in [2.75, 3.05) is 24.7 Å². The number of carbonyl (C=O) groups excluding carboxylic acids is 2. The molecule has 120 valence electrons. The molecular weight excluding hydrogens is 304 g/mol. The number of likely N-dealkylation sites (tertiary alicyclic amines) is 1. The molecule has 2 rings (SSSR count). The van der Waals surface area contributed by atoms with Crippen molar-refractivity contribution < 1.29 is 14.3 Å². The quantitative estimate of drug-likeness (QED) is 0.515. The molecule has 1 aliphatic rings. The largest absolute Gasteiger partial charge is 0.444 e. The third kappa shape index (κ3) is 4.09. The molecule has 0 saturated carbocycles. The van der Waals surface area contributed by atoms with E-state index in [1.165, 1.54) is 18.0 Å². The Morgan fingerprint density at radius 2 is 2.18 bits per heavy atom. The predicted octanol–water partition coefficient (Wildman–Crippen LogP) is 2.04. The van der Waals surface area contributed by atoms with E-state index in [-0.39, 0.29) is 12.1 Å². The van der Waals surface area contributed by atoms with Crippen LogP contribution in [0.4, 0.5) is 10.6 Å². The number of thioether (sulfide) groups is 1. The number of aromatic nitrogens is 2. The third-order valence-electron chi connectivity index (χ3n) is 2.98. The molecule has 8 heteroatoms. The van der Waals surface area contributed by atoms with Crippen LogP contribution in [0, 0.1) is 0 Å². The van der Waals surface area contributed by atoms with E-state index in [9.17, 15) is 9.59 Å². The van der Waals surface area contributed by atoms with Crippen LogP contribution >= 0.6 is 11.8 Å². The summed E-state index contributed by atoms with van der Waals surface area (Å²) in [6, 6.07) is 0.0517. The zero-order valence-corrected chi connectivity index (χ0v) is 13.9. The molecule has 1 fully saturated rings. The normalized spacial score (nSPS) is 15.2. The first kappa shape index (κ1) is 16.5. The van der Waals surface area contributed by atoms with Crippen LogP contribution in [0.3, 0.4) is 0 Å². The van der Waals surface area contributed by atoms with E-state index in [1.807, 2.05) is 27.0 Å². The van der Waals surface area contributed by atoms with Gasteiger partial charge < -0.3 is 15.0 Å². The summed E-state index contributed by atoms with van der Waals surface area (Å²) in [5.41, 5.74) is -0.0891. The molecule has 1 saturated heterocycles. The Morgan fingerprint density at radius 3 is 2.73 bits per heavy atom. The Bertz CT molecular complexity index is 568. The average molecular weight is 324 g/mol. The first-order valence-corrected chi connectivity index (χ1v) is 8.15. The highest BCUT2D eigenvalue weighted by atomic mass is 32.2. The summed E-state index contributed by atoms with van der Waals surface area (Å²) >= 11 is 1.40. The maximum absolute atomic E-state index is 11.9. The van der Waals surface area contributed by atoms with Crippen LogP contribution in [0.2, 0.25) is 0 Å². The lowest BCUT2D eigenvalue weighted by molar-refractivity contribution is 0.0104. The van der Waals surface area contributed by atoms with Gasteiger partial charge in [0, 0.05) is 19.3 Å². The highest BCUT2D eigenvalue weighted by Gasteiger charge is 2.34. The molecule has 0 bridgehead atoms. The van der Waals surface area contributed by atoms with Crippen LogP contribution in [0.1, 0.15) is 31.1 Å². The van der Waals surface area contributed by atoms with Gasteiger partial charge in [-0.3, -0.25) is 4.79 Å². The summed E-state index contributed by atoms with van der Waals surface area (Å²) in [7, 11) is 0. The Hall–Kier alpha value is -1.83. The van der Waals surface area contributed by atoms with Gasteiger partial charge in [0.25, 0.3) is 0 Å². The molecule has 0 aromatic carbocycles. The number of hydrogen-bond donors (Lipinski definition) is 1. The Labute approximate surface area is 133 Å². The number of rotatable bonds is 4. The van der Waals surface area contributed by atoms with Gasteiger partial charge in [0.05, 0.1) is 11.6 Å². The molecule has 1 aromatic rings. The monoisotopic (exact) mass is 324 g/mol. The van der Waals surface area contributed by atoms with Crippen molar-refractivity contribution in [2.24, 2.45) is 0 Å². The molecule has 1 N–H and O–H groups in total. The van der Waals surface area contributed by atoms with E-state index in [4.69, 9.17) is 4.74 Å². The van der Waals surface area contributed by atoms with Crippen LogP contribution in [0.15, 0.2) is 11.4 Å². The molecule has 0 atom stereocenters. The van der Waals surface area contributed by atoms with Gasteiger partial charge in [-0.1, -0.05) is 11.8 Å². The number of aldehydes is 1. The van der Waals surface area contributed by atoms with Gasteiger partial charge in [0.15, 0.2) is 11.4 Å². The highest BCUT2D eigenvalue weighted by molar-refractivity contribution is 7.98. The number of nitrogens with zero attached hydrogens (tertiary/aromatic N) is 3. The van der Waals surface area contributed by atoms with Gasteiger partial charge >= 0.3 is 6.09 Å². The number of anilines is 1. The number of hydrogen-bond acceptors (Lipinski definition) is 7. The minimum Gasteiger partial charge on any atom is -0.444 e. The average Bonchev–Trinajstić information content (AvgIpc) is 2.39. The summed E-state index contributed by atoms with van der Waals surface area (Å²) in [6.45, 7) is 6.54. The van der Waals surface area contributed by atoms with E-state index >= 15 is 0 Å². The van der Waals surface area contributed by atoms with Gasteiger partial charge in [-0.2, -0.15) is 0 Å². The van der Waals surface area contributed by atoms with Gasteiger partial charge in [-0.05, 0) is 27.0 Å². The van der Waals surface area contributed by atoms with E-state index in [2.05, 4.69) is 15.3 Å². The molecular formula is C14H20N4O3S. The van der Waals surface area contributed by atoms with Crippen LogP contribution < -0.4 is 5.32 Å². The summed E-state index contributed by atoms with van der Waals surface area (Å²) in [5, 5.41) is 3.77. The van der Waals surface area contributed by atoms with Crippen molar-refractivity contribution >= 4 is 30.0 Å². The summed E-state index contributed by atoms with van der Waals surface area (Å²) in [6.07, 6.45) is 3.76. The molecule has 0 unspecified atom stereocenters. The topological polar surface area (TPSA) is 84.4 Å². The molecule has 1 amide bonds. The SMILES string of the molecule is CSc1ncc(C=O)c(NC2CN(C(=O)OC(C)(C)C)C2)n1. The van der Waals surface area contributed by atoms with Crippen molar-refractivity contribution in [3.8, 4) is 0 Å². The molecule has 22 heavy (non-hydrogen) atoms. The lowest BCUT2D eigenvalue weighted by Gasteiger charge is -2.40. The zero-order chi connectivity index (χ0) is 16.3. The Balaban J connectivity index is 1.92. The van der Waals surface area contributed by atoms with E-state index in [0.717, 1.165) is 6.29 Å². The van der Waals surface area contributed by atoms with Gasteiger partial charge in [0.2, 0.25) is 0 Å². The van der Waals surface area contributed by atoms with Crippen molar-refractivity contribution in [3.63, 3.8) is 0 Å². The maximum Gasteiger partial charge on any atom is 0.410 e. The van der Waals surface area contributed by atoms with Gasteiger partial charge in [-0.25, -0.2) is 14.8 Å². The molecule has 0 aliphatic carbocycles. The van der Waals surface area contributed by atoms with Gasteiger partial charge in [-0.15, -0.1) is 0 Å². The molecule has 1 aliphatic heterocycles. The van der Waals surface area contributed by atoms with Crippen LogP contribution in [0.25, 0.3) is 0 Å². The number of ether oxygens (including phenoxy) is 1. The Kier molecular flexibility index (Phi) is 4.90. The highest BCUT2D eigenvalue weighted by Crippen LogP contribution is 2.20.